The van der Waals surface area contributed by atoms with Gasteiger partial charge in [-0.05, 0) is 36.5 Å². The lowest BCUT2D eigenvalue weighted by Crippen LogP contribution is -1.95. The van der Waals surface area contributed by atoms with Gasteiger partial charge in [0, 0.05) is 12.1 Å². The molecule has 15 heavy (non-hydrogen) atoms. The van der Waals surface area contributed by atoms with Crippen LogP contribution in [0.15, 0.2) is 18.2 Å². The summed E-state index contributed by atoms with van der Waals surface area (Å²) in [6.07, 6.45) is 3.66. The maximum Gasteiger partial charge on any atom is 0.269 e. The molecule has 1 aliphatic carbocycles. The summed E-state index contributed by atoms with van der Waals surface area (Å²) in [4.78, 5) is 10.3. The van der Waals surface area contributed by atoms with Crippen molar-refractivity contribution in [1.82, 2.24) is 0 Å². The van der Waals surface area contributed by atoms with Crippen LogP contribution in [0.25, 0.3) is 0 Å². The van der Waals surface area contributed by atoms with Crippen LogP contribution in [-0.4, -0.2) is 11.0 Å². The fourth-order valence-corrected chi connectivity index (χ4v) is 2.33. The molecule has 1 aromatic carbocycles. The van der Waals surface area contributed by atoms with Crippen molar-refractivity contribution in [3.8, 4) is 0 Å². The third kappa shape index (κ3) is 1.41. The molecule has 0 unspecified atom stereocenters. The summed E-state index contributed by atoms with van der Waals surface area (Å²) in [5, 5.41) is 10.6. The van der Waals surface area contributed by atoms with Crippen molar-refractivity contribution in [3.05, 3.63) is 39.4 Å². The molecular weight excluding hydrogens is 194 g/mol. The Balaban J connectivity index is 2.04. The number of nitro benzene ring substituents is 1. The van der Waals surface area contributed by atoms with Gasteiger partial charge < -0.3 is 4.74 Å². The molecule has 4 nitrogen and oxygen atoms in total. The van der Waals surface area contributed by atoms with Crippen LogP contribution in [0.1, 0.15) is 30.1 Å². The second kappa shape index (κ2) is 3.03. The summed E-state index contributed by atoms with van der Waals surface area (Å²) in [6, 6.07) is 5.12. The summed E-state index contributed by atoms with van der Waals surface area (Å²) in [6.45, 7) is 0. The topological polar surface area (TPSA) is 55.7 Å². The smallest absolute Gasteiger partial charge is 0.269 e. The Hall–Kier alpha value is -1.42. The molecule has 1 aliphatic heterocycles. The zero-order chi connectivity index (χ0) is 10.4. The minimum atomic E-state index is -0.337. The van der Waals surface area contributed by atoms with E-state index in [1.165, 1.54) is 0 Å². The number of nitrogens with zero attached hydrogens (tertiary/aromatic N) is 1. The average molecular weight is 205 g/mol. The van der Waals surface area contributed by atoms with E-state index in [9.17, 15) is 10.1 Å². The highest BCUT2D eigenvalue weighted by Crippen LogP contribution is 2.46. The van der Waals surface area contributed by atoms with Crippen LogP contribution >= 0.6 is 0 Å². The molecule has 1 fully saturated rings. The molecule has 1 aromatic rings. The largest absolute Gasteiger partial charge is 0.364 e. The fraction of sp³-hybridized carbons (Fsp3) is 0.455. The summed E-state index contributed by atoms with van der Waals surface area (Å²) in [5.41, 5.74) is 2.44. The number of nitro groups is 1. The van der Waals surface area contributed by atoms with Crippen molar-refractivity contribution in [2.24, 2.45) is 0 Å². The molecule has 0 N–H and O–H groups in total. The van der Waals surface area contributed by atoms with Crippen molar-refractivity contribution in [2.45, 2.75) is 31.5 Å². The number of benzene rings is 1. The Morgan fingerprint density at radius 1 is 1.47 bits per heavy atom. The molecule has 2 atom stereocenters. The monoisotopic (exact) mass is 205 g/mol. The SMILES string of the molecule is O=[N+]([O-])c1ccc2c(c1)CCC[C@@H]1O[C@@H]21. The van der Waals surface area contributed by atoms with E-state index in [1.807, 2.05) is 6.07 Å². The van der Waals surface area contributed by atoms with Gasteiger partial charge in [0.1, 0.15) is 6.10 Å². The van der Waals surface area contributed by atoms with E-state index in [4.69, 9.17) is 4.74 Å². The van der Waals surface area contributed by atoms with Gasteiger partial charge in [0.05, 0.1) is 11.0 Å². The van der Waals surface area contributed by atoms with Crippen LogP contribution < -0.4 is 0 Å². The first-order chi connectivity index (χ1) is 7.25. The van der Waals surface area contributed by atoms with Gasteiger partial charge in [-0.15, -0.1) is 0 Å². The van der Waals surface area contributed by atoms with E-state index < -0.39 is 0 Å². The average Bonchev–Trinajstić information content (AvgIpc) is 2.95. The molecule has 0 radical (unpaired) electrons. The zero-order valence-corrected chi connectivity index (χ0v) is 8.18. The van der Waals surface area contributed by atoms with Gasteiger partial charge in [-0.3, -0.25) is 10.1 Å². The van der Waals surface area contributed by atoms with E-state index in [-0.39, 0.29) is 16.7 Å². The van der Waals surface area contributed by atoms with E-state index in [0.717, 1.165) is 30.4 Å². The number of hydrogen-bond donors (Lipinski definition) is 0. The number of hydrogen-bond acceptors (Lipinski definition) is 3. The van der Waals surface area contributed by atoms with Crippen molar-refractivity contribution in [3.63, 3.8) is 0 Å². The second-order valence-electron chi connectivity index (χ2n) is 4.13. The van der Waals surface area contributed by atoms with Gasteiger partial charge in [-0.2, -0.15) is 0 Å². The maximum atomic E-state index is 10.6. The molecular formula is C11H11NO3. The van der Waals surface area contributed by atoms with Gasteiger partial charge in [0.2, 0.25) is 0 Å². The first-order valence-corrected chi connectivity index (χ1v) is 5.18. The van der Waals surface area contributed by atoms with Crippen molar-refractivity contribution >= 4 is 5.69 Å². The number of ether oxygens (including phenoxy) is 1. The molecule has 0 saturated carbocycles. The normalized spacial score (nSPS) is 27.5. The molecule has 78 valence electrons. The van der Waals surface area contributed by atoms with Crippen molar-refractivity contribution in [2.75, 3.05) is 0 Å². The van der Waals surface area contributed by atoms with Crippen LogP contribution in [0.3, 0.4) is 0 Å². The van der Waals surface area contributed by atoms with E-state index in [1.54, 1.807) is 12.1 Å². The Morgan fingerprint density at radius 3 is 3.13 bits per heavy atom. The van der Waals surface area contributed by atoms with E-state index >= 15 is 0 Å². The molecule has 0 spiro atoms. The van der Waals surface area contributed by atoms with Crippen molar-refractivity contribution < 1.29 is 9.66 Å². The first-order valence-electron chi connectivity index (χ1n) is 5.18. The van der Waals surface area contributed by atoms with Crippen LogP contribution in [0.5, 0.6) is 0 Å². The lowest BCUT2D eigenvalue weighted by molar-refractivity contribution is -0.384. The van der Waals surface area contributed by atoms with Gasteiger partial charge in [-0.25, -0.2) is 0 Å². The number of rotatable bonds is 1. The lowest BCUT2D eigenvalue weighted by Gasteiger charge is -2.04. The molecule has 3 rings (SSSR count). The minimum Gasteiger partial charge on any atom is -0.364 e. The predicted octanol–water partition coefficient (Wildman–Crippen LogP) is 2.37. The third-order valence-corrected chi connectivity index (χ3v) is 3.16. The number of fused-ring (bicyclic) bond motifs is 3. The third-order valence-electron chi connectivity index (χ3n) is 3.16. The molecule has 0 amide bonds. The molecule has 0 aromatic heterocycles. The molecule has 0 bridgehead atoms. The van der Waals surface area contributed by atoms with Crippen LogP contribution in [0, 0.1) is 10.1 Å². The number of non-ortho nitro benzene ring substituents is 1. The summed E-state index contributed by atoms with van der Waals surface area (Å²) in [7, 11) is 0. The second-order valence-corrected chi connectivity index (χ2v) is 4.13. The molecule has 2 aliphatic rings. The standard InChI is InChI=1S/C11H11NO3/c13-12(14)8-4-5-9-7(6-8)2-1-3-10-11(9)15-10/h4-6,10-11H,1-3H2/t10-,11-/m0/s1. The zero-order valence-electron chi connectivity index (χ0n) is 8.18. The van der Waals surface area contributed by atoms with Crippen molar-refractivity contribution in [1.29, 1.82) is 0 Å². The summed E-state index contributed by atoms with van der Waals surface area (Å²) in [5.74, 6) is 0. The fourth-order valence-electron chi connectivity index (χ4n) is 2.33. The van der Waals surface area contributed by atoms with Gasteiger partial charge in [-0.1, -0.05) is 0 Å². The quantitative estimate of drug-likeness (QED) is 0.401. The summed E-state index contributed by atoms with van der Waals surface area (Å²) >= 11 is 0. The van der Waals surface area contributed by atoms with Gasteiger partial charge >= 0.3 is 0 Å². The van der Waals surface area contributed by atoms with Gasteiger partial charge in [0.25, 0.3) is 5.69 Å². The highest BCUT2D eigenvalue weighted by atomic mass is 16.6. The highest BCUT2D eigenvalue weighted by Gasteiger charge is 2.42. The number of aryl methyl sites for hydroxylation is 1. The molecule has 1 heterocycles. The predicted molar refractivity (Wildman–Crippen MR) is 53.6 cm³/mol. The highest BCUT2D eigenvalue weighted by molar-refractivity contribution is 5.43. The molecule has 1 saturated heterocycles. The summed E-state index contributed by atoms with van der Waals surface area (Å²) < 4.78 is 5.51. The Bertz CT molecular complexity index is 430. The van der Waals surface area contributed by atoms with E-state index in [0.29, 0.717) is 6.10 Å². The lowest BCUT2D eigenvalue weighted by atomic mass is 10.0. The van der Waals surface area contributed by atoms with E-state index in [2.05, 4.69) is 0 Å². The van der Waals surface area contributed by atoms with Crippen LogP contribution in [-0.2, 0) is 11.2 Å². The van der Waals surface area contributed by atoms with Gasteiger partial charge in [0.15, 0.2) is 0 Å². The van der Waals surface area contributed by atoms with Crippen LogP contribution in [0.2, 0.25) is 0 Å². The molecule has 4 heteroatoms. The first kappa shape index (κ1) is 8.85. The Kier molecular flexibility index (Phi) is 1.79. The minimum absolute atomic E-state index is 0.188. The Labute approximate surface area is 87.0 Å². The Morgan fingerprint density at radius 2 is 2.33 bits per heavy atom. The number of epoxide rings is 1. The maximum absolute atomic E-state index is 10.6. The van der Waals surface area contributed by atoms with Crippen LogP contribution in [0.4, 0.5) is 5.69 Å².